The number of halogens is 1. The van der Waals surface area contributed by atoms with Crippen molar-refractivity contribution in [2.75, 3.05) is 0 Å². The van der Waals surface area contributed by atoms with Crippen molar-refractivity contribution in [3.63, 3.8) is 0 Å². The SMILES string of the molecule is CC1(C)c2cc(Cc3ccccc3Cl)ccc2-c2c1ccc1c2oc2ccccc21. The van der Waals surface area contributed by atoms with Gasteiger partial charge in [0.15, 0.2) is 0 Å². The number of para-hydroxylation sites is 1. The van der Waals surface area contributed by atoms with Gasteiger partial charge in [0, 0.05) is 26.8 Å². The first-order valence-corrected chi connectivity index (χ1v) is 10.7. The highest BCUT2D eigenvalue weighted by Crippen LogP contribution is 2.52. The maximum absolute atomic E-state index is 6.41. The molecule has 0 amide bonds. The summed E-state index contributed by atoms with van der Waals surface area (Å²) in [4.78, 5) is 0. The molecule has 1 aliphatic carbocycles. The Bertz CT molecular complexity index is 1450. The summed E-state index contributed by atoms with van der Waals surface area (Å²) in [5.41, 5.74) is 9.52. The molecule has 0 unspecified atom stereocenters. The van der Waals surface area contributed by atoms with Crippen LogP contribution in [0.3, 0.4) is 0 Å². The van der Waals surface area contributed by atoms with Gasteiger partial charge in [0.25, 0.3) is 0 Å². The van der Waals surface area contributed by atoms with Crippen LogP contribution in [0.4, 0.5) is 0 Å². The monoisotopic (exact) mass is 408 g/mol. The van der Waals surface area contributed by atoms with Crippen LogP contribution in [-0.2, 0) is 11.8 Å². The predicted octanol–water partition coefficient (Wildman–Crippen LogP) is 8.14. The minimum absolute atomic E-state index is 0.0751. The molecule has 146 valence electrons. The zero-order valence-electron chi connectivity index (χ0n) is 17.0. The average molecular weight is 409 g/mol. The second-order valence-electron chi connectivity index (χ2n) is 8.74. The average Bonchev–Trinajstić information content (AvgIpc) is 3.23. The Morgan fingerprint density at radius 3 is 2.47 bits per heavy atom. The highest BCUT2D eigenvalue weighted by Gasteiger charge is 2.37. The summed E-state index contributed by atoms with van der Waals surface area (Å²) in [7, 11) is 0. The summed E-state index contributed by atoms with van der Waals surface area (Å²) in [6.45, 7) is 4.62. The highest BCUT2D eigenvalue weighted by molar-refractivity contribution is 6.31. The first kappa shape index (κ1) is 17.8. The molecule has 5 aromatic rings. The summed E-state index contributed by atoms with van der Waals surface area (Å²) in [6.07, 6.45) is 0.833. The van der Waals surface area contributed by atoms with Gasteiger partial charge in [0.2, 0.25) is 0 Å². The third-order valence-corrected chi connectivity index (χ3v) is 6.97. The normalized spacial score (nSPS) is 14.2. The Balaban J connectivity index is 1.56. The Morgan fingerprint density at radius 2 is 1.60 bits per heavy atom. The Labute approximate surface area is 180 Å². The Hall–Kier alpha value is -3.03. The third-order valence-electron chi connectivity index (χ3n) is 6.60. The number of rotatable bonds is 2. The molecule has 2 heteroatoms. The molecule has 0 saturated carbocycles. The molecule has 0 radical (unpaired) electrons. The van der Waals surface area contributed by atoms with E-state index in [-0.39, 0.29) is 5.41 Å². The zero-order chi connectivity index (χ0) is 20.5. The van der Waals surface area contributed by atoms with Gasteiger partial charge in [-0.2, -0.15) is 0 Å². The van der Waals surface area contributed by atoms with Crippen LogP contribution in [0.15, 0.2) is 83.3 Å². The second kappa shape index (κ2) is 6.23. The molecule has 1 heterocycles. The van der Waals surface area contributed by atoms with E-state index in [0.717, 1.165) is 28.2 Å². The fraction of sp³-hybridized carbons (Fsp3) is 0.143. The highest BCUT2D eigenvalue weighted by atomic mass is 35.5. The number of benzene rings is 4. The van der Waals surface area contributed by atoms with Gasteiger partial charge in [-0.1, -0.05) is 92.2 Å². The van der Waals surface area contributed by atoms with E-state index in [0.29, 0.717) is 0 Å². The van der Waals surface area contributed by atoms with E-state index in [2.05, 4.69) is 68.4 Å². The summed E-state index contributed by atoms with van der Waals surface area (Å²) in [5.74, 6) is 0. The van der Waals surface area contributed by atoms with Gasteiger partial charge in [-0.05, 0) is 46.4 Å². The van der Waals surface area contributed by atoms with Gasteiger partial charge in [0.1, 0.15) is 11.2 Å². The molecule has 1 nitrogen and oxygen atoms in total. The summed E-state index contributed by atoms with van der Waals surface area (Å²) in [5, 5.41) is 3.19. The Kier molecular flexibility index (Phi) is 3.70. The van der Waals surface area contributed by atoms with Gasteiger partial charge in [-0.3, -0.25) is 0 Å². The van der Waals surface area contributed by atoms with E-state index in [1.165, 1.54) is 38.6 Å². The molecule has 30 heavy (non-hydrogen) atoms. The molecule has 6 rings (SSSR count). The van der Waals surface area contributed by atoms with Crippen LogP contribution in [0.25, 0.3) is 33.1 Å². The first-order valence-electron chi connectivity index (χ1n) is 10.4. The lowest BCUT2D eigenvalue weighted by Crippen LogP contribution is -2.15. The standard InChI is InChI=1S/C28H21ClO/c1-28(2)22-14-13-20-19-8-4-6-10-25(19)30-27(20)26(22)21-12-11-17(16-23(21)28)15-18-7-3-5-9-24(18)29/h3-14,16H,15H2,1-2H3. The van der Waals surface area contributed by atoms with Crippen molar-refractivity contribution in [1.29, 1.82) is 0 Å². The van der Waals surface area contributed by atoms with Crippen LogP contribution in [-0.4, -0.2) is 0 Å². The van der Waals surface area contributed by atoms with Crippen molar-refractivity contribution in [1.82, 2.24) is 0 Å². The molecule has 0 aliphatic heterocycles. The van der Waals surface area contributed by atoms with E-state index in [4.69, 9.17) is 16.0 Å². The molecule has 0 atom stereocenters. The smallest absolute Gasteiger partial charge is 0.143 e. The van der Waals surface area contributed by atoms with Crippen LogP contribution in [0.2, 0.25) is 5.02 Å². The zero-order valence-corrected chi connectivity index (χ0v) is 17.8. The summed E-state index contributed by atoms with van der Waals surface area (Å²) in [6, 6.07) is 27.7. The van der Waals surface area contributed by atoms with Crippen molar-refractivity contribution >= 4 is 33.5 Å². The van der Waals surface area contributed by atoms with Crippen LogP contribution < -0.4 is 0 Å². The van der Waals surface area contributed by atoms with Gasteiger partial charge >= 0.3 is 0 Å². The molecule has 1 aliphatic rings. The molecule has 0 bridgehead atoms. The van der Waals surface area contributed by atoms with Gasteiger partial charge in [0.05, 0.1) is 0 Å². The van der Waals surface area contributed by atoms with E-state index in [1.54, 1.807) is 0 Å². The fourth-order valence-corrected chi connectivity index (χ4v) is 5.22. The van der Waals surface area contributed by atoms with E-state index in [1.807, 2.05) is 24.3 Å². The lowest BCUT2D eigenvalue weighted by molar-refractivity contribution is 0.652. The van der Waals surface area contributed by atoms with Crippen molar-refractivity contribution in [2.45, 2.75) is 25.7 Å². The lowest BCUT2D eigenvalue weighted by Gasteiger charge is -2.22. The molecule has 0 spiro atoms. The Morgan fingerprint density at radius 1 is 0.800 bits per heavy atom. The molecule has 4 aromatic carbocycles. The maximum Gasteiger partial charge on any atom is 0.143 e. The molecule has 0 fully saturated rings. The van der Waals surface area contributed by atoms with E-state index in [9.17, 15) is 0 Å². The minimum Gasteiger partial charge on any atom is -0.455 e. The maximum atomic E-state index is 6.41. The van der Waals surface area contributed by atoms with E-state index < -0.39 is 0 Å². The van der Waals surface area contributed by atoms with Crippen LogP contribution >= 0.6 is 11.6 Å². The van der Waals surface area contributed by atoms with Gasteiger partial charge < -0.3 is 4.42 Å². The van der Waals surface area contributed by atoms with Crippen molar-refractivity contribution < 1.29 is 4.42 Å². The summed E-state index contributed by atoms with van der Waals surface area (Å²) < 4.78 is 6.37. The first-order chi connectivity index (χ1) is 14.5. The van der Waals surface area contributed by atoms with Crippen LogP contribution in [0.1, 0.15) is 36.1 Å². The molecular weight excluding hydrogens is 388 g/mol. The van der Waals surface area contributed by atoms with Crippen molar-refractivity contribution in [3.05, 3.63) is 106 Å². The van der Waals surface area contributed by atoms with Crippen molar-refractivity contribution in [2.24, 2.45) is 0 Å². The second-order valence-corrected chi connectivity index (χ2v) is 9.14. The quantitative estimate of drug-likeness (QED) is 0.287. The molecular formula is C28H21ClO. The largest absolute Gasteiger partial charge is 0.455 e. The topological polar surface area (TPSA) is 13.1 Å². The third kappa shape index (κ3) is 2.42. The molecule has 1 aromatic heterocycles. The number of hydrogen-bond donors (Lipinski definition) is 0. The van der Waals surface area contributed by atoms with Crippen molar-refractivity contribution in [3.8, 4) is 11.1 Å². The van der Waals surface area contributed by atoms with Gasteiger partial charge in [-0.15, -0.1) is 0 Å². The molecule has 0 saturated heterocycles. The number of fused-ring (bicyclic) bond motifs is 7. The molecule has 0 N–H and O–H groups in total. The van der Waals surface area contributed by atoms with Crippen LogP contribution in [0, 0.1) is 0 Å². The predicted molar refractivity (Wildman–Crippen MR) is 126 cm³/mol. The van der Waals surface area contributed by atoms with Gasteiger partial charge in [-0.25, -0.2) is 0 Å². The number of hydrogen-bond acceptors (Lipinski definition) is 1. The fourth-order valence-electron chi connectivity index (χ4n) is 5.02. The lowest BCUT2D eigenvalue weighted by atomic mass is 9.81. The number of furan rings is 1. The van der Waals surface area contributed by atoms with E-state index >= 15 is 0 Å². The summed E-state index contributed by atoms with van der Waals surface area (Å²) >= 11 is 6.41. The van der Waals surface area contributed by atoms with Crippen LogP contribution in [0.5, 0.6) is 0 Å². The minimum atomic E-state index is -0.0751.